The van der Waals surface area contributed by atoms with Crippen molar-refractivity contribution < 1.29 is 24.1 Å². The number of hydrogen-bond donors (Lipinski definition) is 1. The number of hydrogen-bond acceptors (Lipinski definition) is 5. The highest BCUT2D eigenvalue weighted by molar-refractivity contribution is 5.26. The molecule has 1 spiro atoms. The molecule has 3 unspecified atom stereocenters. The highest BCUT2D eigenvalue weighted by Crippen LogP contribution is 2.69. The van der Waals surface area contributed by atoms with Gasteiger partial charge >= 0.3 is 0 Å². The van der Waals surface area contributed by atoms with Crippen LogP contribution in [0.3, 0.4) is 0 Å². The monoisotopic (exact) mass is 913 g/mol. The van der Waals surface area contributed by atoms with E-state index in [9.17, 15) is 5.11 Å². The number of ether oxygens (including phenoxy) is 4. The van der Waals surface area contributed by atoms with E-state index in [-0.39, 0.29) is 11.2 Å². The Morgan fingerprint density at radius 3 is 1.95 bits per heavy atom. The third-order valence-corrected chi connectivity index (χ3v) is 21.8. The Hall–Kier alpha value is -1.50. The highest BCUT2D eigenvalue weighted by Gasteiger charge is 2.61. The predicted octanol–water partition coefficient (Wildman–Crippen LogP) is 15.6. The molecule has 12 rings (SSSR count). The van der Waals surface area contributed by atoms with Crippen molar-refractivity contribution >= 4 is 0 Å². The van der Waals surface area contributed by atoms with E-state index < -0.39 is 11.4 Å². The van der Waals surface area contributed by atoms with E-state index in [0.717, 1.165) is 110 Å². The zero-order valence-corrected chi connectivity index (χ0v) is 44.8. The van der Waals surface area contributed by atoms with Gasteiger partial charge in [0.2, 0.25) is 0 Å². The Bertz CT molecular complexity index is 1790. The fourth-order valence-electron chi connectivity index (χ4n) is 15.9. The number of methoxy groups -OCH3 is 2. The maximum Gasteiger partial charge on any atom is 0.171 e. The van der Waals surface area contributed by atoms with Gasteiger partial charge in [-0.05, 0) is 205 Å². The van der Waals surface area contributed by atoms with Gasteiger partial charge in [-0.1, -0.05) is 109 Å². The van der Waals surface area contributed by atoms with Crippen LogP contribution in [0.4, 0.5) is 0 Å². The largest absolute Gasteiger partial charge is 0.389 e. The topological polar surface area (TPSA) is 57.2 Å². The Kier molecular flexibility index (Phi) is 15.8. The van der Waals surface area contributed by atoms with E-state index in [4.69, 9.17) is 18.9 Å². The molecular weight excluding hydrogens is 813 g/mol. The first-order chi connectivity index (χ1) is 31.0. The fraction of sp³-hybridized carbons (Fsp3) is 0.836. The summed E-state index contributed by atoms with van der Waals surface area (Å²) in [7, 11) is 3.35. The Balaban J connectivity index is 0.000000125. The van der Waals surface area contributed by atoms with Crippen molar-refractivity contribution in [2.24, 2.45) is 87.3 Å². The molecule has 1 saturated heterocycles. The molecule has 5 heteroatoms. The summed E-state index contributed by atoms with van der Waals surface area (Å²) in [4.78, 5) is 0. The molecule has 0 amide bonds. The van der Waals surface area contributed by atoms with Crippen LogP contribution >= 0.6 is 0 Å². The second kappa shape index (κ2) is 20.0. The highest BCUT2D eigenvalue weighted by atomic mass is 16.7. The molecule has 2 bridgehead atoms. The van der Waals surface area contributed by atoms with E-state index in [1.54, 1.807) is 31.8 Å². The molecule has 14 atom stereocenters. The molecule has 0 aromatic carbocycles. The van der Waals surface area contributed by atoms with Crippen molar-refractivity contribution in [3.8, 4) is 0 Å². The number of allylic oxidation sites excluding steroid dienone is 6. The minimum absolute atomic E-state index is 0.0144. The van der Waals surface area contributed by atoms with Gasteiger partial charge in [0.15, 0.2) is 11.6 Å². The quantitative estimate of drug-likeness (QED) is 0.220. The van der Waals surface area contributed by atoms with Gasteiger partial charge in [-0.3, -0.25) is 0 Å². The van der Waals surface area contributed by atoms with E-state index in [1.165, 1.54) is 87.3 Å². The lowest BCUT2D eigenvalue weighted by Gasteiger charge is -2.58. The van der Waals surface area contributed by atoms with Crippen LogP contribution < -0.4 is 0 Å². The molecule has 9 saturated carbocycles. The zero-order valence-electron chi connectivity index (χ0n) is 44.8. The summed E-state index contributed by atoms with van der Waals surface area (Å²) in [5.74, 6) is 9.55. The first kappa shape index (κ1) is 52.3. The maximum absolute atomic E-state index is 11.3. The summed E-state index contributed by atoms with van der Waals surface area (Å²) in [5.41, 5.74) is 7.88. The minimum Gasteiger partial charge on any atom is -0.389 e. The summed E-state index contributed by atoms with van der Waals surface area (Å²) in [6.45, 7) is 41.0. The molecule has 11 aliphatic carbocycles. The number of rotatable bonds is 5. The van der Waals surface area contributed by atoms with Crippen molar-refractivity contribution in [2.75, 3.05) is 27.4 Å². The van der Waals surface area contributed by atoms with Gasteiger partial charge in [0.05, 0.1) is 18.8 Å². The van der Waals surface area contributed by atoms with E-state index in [2.05, 4.69) is 102 Å². The van der Waals surface area contributed by atoms with Crippen LogP contribution in [0.1, 0.15) is 191 Å². The zero-order chi connectivity index (χ0) is 48.2. The van der Waals surface area contributed by atoms with Crippen LogP contribution in [0.2, 0.25) is 0 Å². The van der Waals surface area contributed by atoms with E-state index >= 15 is 0 Å². The van der Waals surface area contributed by atoms with Gasteiger partial charge in [-0.15, -0.1) is 0 Å². The molecule has 0 radical (unpaired) electrons. The second-order valence-corrected chi connectivity index (χ2v) is 26.0. The van der Waals surface area contributed by atoms with Crippen LogP contribution in [0, 0.1) is 87.3 Å². The van der Waals surface area contributed by atoms with Gasteiger partial charge in [-0.25, -0.2) is 0 Å². The predicted molar refractivity (Wildman–Crippen MR) is 275 cm³/mol. The van der Waals surface area contributed by atoms with Crippen molar-refractivity contribution in [1.82, 2.24) is 0 Å². The minimum atomic E-state index is -0.709. The van der Waals surface area contributed by atoms with Gasteiger partial charge in [-0.2, -0.15) is 0 Å². The van der Waals surface area contributed by atoms with Crippen LogP contribution in [-0.4, -0.2) is 49.7 Å². The normalized spacial score (nSPS) is 43.4. The fourth-order valence-corrected chi connectivity index (χ4v) is 15.9. The molecule has 1 heterocycles. The molecule has 1 N–H and O–H groups in total. The summed E-state index contributed by atoms with van der Waals surface area (Å²) in [5, 5.41) is 11.3. The average Bonchev–Trinajstić information content (AvgIpc) is 4.09. The molecule has 374 valence electrons. The molecule has 5 nitrogen and oxygen atoms in total. The Morgan fingerprint density at radius 1 is 0.773 bits per heavy atom. The molecule has 66 heavy (non-hydrogen) atoms. The first-order valence-corrected chi connectivity index (χ1v) is 27.4. The smallest absolute Gasteiger partial charge is 0.171 e. The third-order valence-electron chi connectivity index (χ3n) is 21.8. The van der Waals surface area contributed by atoms with Gasteiger partial charge < -0.3 is 24.1 Å². The molecule has 1 aliphatic heterocycles. The van der Waals surface area contributed by atoms with Gasteiger partial charge in [0, 0.05) is 39.4 Å². The van der Waals surface area contributed by atoms with Crippen LogP contribution in [0.15, 0.2) is 60.3 Å². The molecule has 12 aliphatic rings. The molecule has 0 aromatic heterocycles. The summed E-state index contributed by atoms with van der Waals surface area (Å²) in [6, 6.07) is 0. The Labute approximate surface area is 405 Å². The van der Waals surface area contributed by atoms with Gasteiger partial charge in [0.25, 0.3) is 0 Å². The van der Waals surface area contributed by atoms with E-state index in [0.29, 0.717) is 29.6 Å². The molecule has 10 fully saturated rings. The Morgan fingerprint density at radius 2 is 1.44 bits per heavy atom. The third kappa shape index (κ3) is 10.2. The number of aliphatic hydroxyl groups is 1. The van der Waals surface area contributed by atoms with Crippen molar-refractivity contribution in [3.63, 3.8) is 0 Å². The average molecular weight is 913 g/mol. The first-order valence-electron chi connectivity index (χ1n) is 27.4. The summed E-state index contributed by atoms with van der Waals surface area (Å²) >= 11 is 0. The van der Waals surface area contributed by atoms with Crippen molar-refractivity contribution in [1.29, 1.82) is 0 Å². The SMILES string of the molecule is C=C(C)C1CC[C@]2(C)CCC(OC)(OC)CC2(O)C1.C=C(C)[C@@H]1CC[C@@H](C)C2(C1)OCCO2.C=C1CC[C@@]2(C(C)C)CC12.C=C1CC[C@H]2C[C@H]2[C@@H]2[C@H](C)CC[C@@H]12.CC1=CC[C@@H]2C[C@H]1C2(C)C. The van der Waals surface area contributed by atoms with Crippen LogP contribution in [0.25, 0.3) is 0 Å². The van der Waals surface area contributed by atoms with Gasteiger partial charge in [0.1, 0.15) is 0 Å². The van der Waals surface area contributed by atoms with Crippen LogP contribution in [0.5, 0.6) is 0 Å². The lowest BCUT2D eigenvalue weighted by Crippen LogP contribution is -2.60. The molecular formula is C61H100O5. The molecule has 0 aromatic rings. The van der Waals surface area contributed by atoms with Crippen molar-refractivity contribution in [3.05, 3.63) is 60.3 Å². The van der Waals surface area contributed by atoms with E-state index in [1.807, 2.05) is 0 Å². The summed E-state index contributed by atoms with van der Waals surface area (Å²) < 4.78 is 22.8. The number of fused-ring (bicyclic) bond motifs is 6. The maximum atomic E-state index is 11.3. The van der Waals surface area contributed by atoms with Crippen molar-refractivity contribution in [2.45, 2.75) is 208 Å². The lowest BCUT2D eigenvalue weighted by molar-refractivity contribution is -0.289. The second-order valence-electron chi connectivity index (χ2n) is 26.0. The van der Waals surface area contributed by atoms with Crippen LogP contribution in [-0.2, 0) is 18.9 Å². The lowest BCUT2D eigenvalue weighted by atomic mass is 9.49. The summed E-state index contributed by atoms with van der Waals surface area (Å²) in [6.07, 6.45) is 25.5. The standard InChI is InChI=1S/C16H28O3.C13H20.C12H20O2.2C10H16/c1-12(2)13-6-7-14(3)8-9-16(18-4,19-5)11-15(14,17)10-13;1-8-3-5-10-7-12(10)13-9(2)4-6-11(8)13;1-9(2)11-5-4-10(3)12(8-11)13-6-7-14-12;1-7-4-5-8-6-9(7)10(8,2)3;1-7(2)10-5-4-8(3)9(10)6-10/h13,17H,1,6-11H2,2-5H3;9-13H,1,3-7H2,2H3;10-11H,1,4-8H2,2-3H3;4,8-9H,5-6H2,1-3H3;7,9H,3-6H2,1-2H3/t13?,14-,15?;9-,10+,11+,12-,13-;10-,11-;8-,9-;9?,10-/m11110/s1.